The maximum Gasteiger partial charge on any atom is 0.304 e. The largest absolute Gasteiger partial charge is 0.481 e. The Hall–Kier alpha value is -0.660. The molecule has 18 heavy (non-hydrogen) atoms. The van der Waals surface area contributed by atoms with Crippen LogP contribution in [0.25, 0.3) is 0 Å². The maximum absolute atomic E-state index is 11.9. The van der Waals surface area contributed by atoms with Crippen LogP contribution in [0.5, 0.6) is 0 Å². The standard InChI is InChI=1S/C11H24N2O4S/c1-10(2,3)8(7-9(14)15)12-18(16,17)13-11(4,5)6/h8,12-13H,7H2,1-6H3,(H,14,15). The molecule has 0 saturated carbocycles. The molecule has 0 radical (unpaired) electrons. The van der Waals surface area contributed by atoms with Gasteiger partial charge >= 0.3 is 5.97 Å². The van der Waals surface area contributed by atoms with Crippen LogP contribution in [-0.2, 0) is 15.0 Å². The van der Waals surface area contributed by atoms with E-state index >= 15 is 0 Å². The van der Waals surface area contributed by atoms with Crippen molar-refractivity contribution < 1.29 is 18.3 Å². The predicted octanol–water partition coefficient (Wildman–Crippen LogP) is 1.10. The first-order valence-corrected chi connectivity index (χ1v) is 7.24. The van der Waals surface area contributed by atoms with Crippen LogP contribution in [0.15, 0.2) is 0 Å². The highest BCUT2D eigenvalue weighted by Crippen LogP contribution is 2.22. The molecule has 0 heterocycles. The van der Waals surface area contributed by atoms with Gasteiger partial charge < -0.3 is 5.11 Å². The zero-order chi connectivity index (χ0) is 14.8. The average Bonchev–Trinajstić information content (AvgIpc) is 1.93. The number of carboxylic acid groups (broad SMARTS) is 1. The van der Waals surface area contributed by atoms with Gasteiger partial charge in [0, 0.05) is 11.6 Å². The lowest BCUT2D eigenvalue weighted by molar-refractivity contribution is -0.138. The van der Waals surface area contributed by atoms with Gasteiger partial charge in [-0.1, -0.05) is 20.8 Å². The molecule has 0 amide bonds. The first-order valence-electron chi connectivity index (χ1n) is 5.76. The summed E-state index contributed by atoms with van der Waals surface area (Å²) >= 11 is 0. The third-order valence-electron chi connectivity index (χ3n) is 2.16. The van der Waals surface area contributed by atoms with Gasteiger partial charge in [-0.15, -0.1) is 0 Å². The summed E-state index contributed by atoms with van der Waals surface area (Å²) in [6.07, 6.45) is -0.255. The van der Waals surface area contributed by atoms with Crippen molar-refractivity contribution in [3.8, 4) is 0 Å². The van der Waals surface area contributed by atoms with E-state index in [2.05, 4.69) is 9.44 Å². The summed E-state index contributed by atoms with van der Waals surface area (Å²) in [5.41, 5.74) is -1.09. The van der Waals surface area contributed by atoms with E-state index in [0.717, 1.165) is 0 Å². The molecule has 3 N–H and O–H groups in total. The molecule has 0 aliphatic rings. The second-order valence-electron chi connectivity index (χ2n) is 6.49. The van der Waals surface area contributed by atoms with Gasteiger partial charge in [0.2, 0.25) is 0 Å². The summed E-state index contributed by atoms with van der Waals surface area (Å²) in [4.78, 5) is 10.8. The molecular formula is C11H24N2O4S. The molecule has 0 aromatic rings. The third kappa shape index (κ3) is 7.62. The highest BCUT2D eigenvalue weighted by Gasteiger charge is 2.32. The fourth-order valence-corrected chi connectivity index (χ4v) is 3.00. The van der Waals surface area contributed by atoms with Gasteiger partial charge in [-0.05, 0) is 26.2 Å². The van der Waals surface area contributed by atoms with Crippen molar-refractivity contribution in [1.82, 2.24) is 9.44 Å². The number of carboxylic acids is 1. The van der Waals surface area contributed by atoms with E-state index in [1.807, 2.05) is 0 Å². The van der Waals surface area contributed by atoms with E-state index in [4.69, 9.17) is 5.11 Å². The minimum Gasteiger partial charge on any atom is -0.481 e. The van der Waals surface area contributed by atoms with E-state index < -0.39 is 33.2 Å². The maximum atomic E-state index is 11.9. The van der Waals surface area contributed by atoms with Crippen LogP contribution in [0.2, 0.25) is 0 Å². The topological polar surface area (TPSA) is 95.5 Å². The van der Waals surface area contributed by atoms with Gasteiger partial charge in [0.1, 0.15) is 0 Å². The van der Waals surface area contributed by atoms with Crippen molar-refractivity contribution in [3.63, 3.8) is 0 Å². The first-order chi connectivity index (χ1) is 7.73. The zero-order valence-corrected chi connectivity index (χ0v) is 12.7. The lowest BCUT2D eigenvalue weighted by atomic mass is 9.85. The Balaban J connectivity index is 4.94. The Kier molecular flexibility index (Phi) is 5.34. The number of carbonyl (C=O) groups is 1. The molecular weight excluding hydrogens is 256 g/mol. The molecule has 0 aliphatic carbocycles. The van der Waals surface area contributed by atoms with Crippen LogP contribution in [0, 0.1) is 5.41 Å². The molecule has 0 aliphatic heterocycles. The van der Waals surface area contributed by atoms with Crippen molar-refractivity contribution >= 4 is 16.2 Å². The van der Waals surface area contributed by atoms with Gasteiger partial charge in [0.15, 0.2) is 0 Å². The molecule has 0 bridgehead atoms. The SMILES string of the molecule is CC(C)(C)NS(=O)(=O)NC(CC(=O)O)C(C)(C)C. The fraction of sp³-hybridized carbons (Fsp3) is 0.909. The van der Waals surface area contributed by atoms with Crippen molar-refractivity contribution in [2.24, 2.45) is 5.41 Å². The quantitative estimate of drug-likeness (QED) is 0.702. The van der Waals surface area contributed by atoms with Crippen molar-refractivity contribution in [1.29, 1.82) is 0 Å². The van der Waals surface area contributed by atoms with Crippen LogP contribution in [0.1, 0.15) is 48.0 Å². The van der Waals surface area contributed by atoms with E-state index in [-0.39, 0.29) is 6.42 Å². The van der Waals surface area contributed by atoms with Crippen molar-refractivity contribution in [2.75, 3.05) is 0 Å². The summed E-state index contributed by atoms with van der Waals surface area (Å²) in [7, 11) is -3.73. The number of hydrogen-bond acceptors (Lipinski definition) is 3. The number of aliphatic carboxylic acids is 1. The molecule has 6 nitrogen and oxygen atoms in total. The molecule has 0 aromatic heterocycles. The second-order valence-corrected chi connectivity index (χ2v) is 7.94. The second kappa shape index (κ2) is 5.54. The number of nitrogens with one attached hydrogen (secondary N) is 2. The van der Waals surface area contributed by atoms with Crippen LogP contribution in [0.4, 0.5) is 0 Å². The zero-order valence-electron chi connectivity index (χ0n) is 11.9. The normalized spacial score (nSPS) is 15.4. The lowest BCUT2D eigenvalue weighted by Gasteiger charge is -2.31. The summed E-state index contributed by atoms with van der Waals surface area (Å²) in [5.74, 6) is -1.03. The summed E-state index contributed by atoms with van der Waals surface area (Å²) in [5, 5.41) is 8.82. The van der Waals surface area contributed by atoms with Gasteiger partial charge in [-0.25, -0.2) is 0 Å². The fourth-order valence-electron chi connectivity index (χ4n) is 1.32. The molecule has 0 spiro atoms. The molecule has 0 aromatic carbocycles. The van der Waals surface area contributed by atoms with Crippen LogP contribution >= 0.6 is 0 Å². The van der Waals surface area contributed by atoms with E-state index in [1.165, 1.54) is 0 Å². The smallest absolute Gasteiger partial charge is 0.304 e. The molecule has 1 unspecified atom stereocenters. The Morgan fingerprint density at radius 2 is 1.61 bits per heavy atom. The average molecular weight is 280 g/mol. The van der Waals surface area contributed by atoms with E-state index in [0.29, 0.717) is 0 Å². The highest BCUT2D eigenvalue weighted by atomic mass is 32.2. The summed E-state index contributed by atoms with van der Waals surface area (Å²) in [6.45, 7) is 10.5. The molecule has 108 valence electrons. The van der Waals surface area contributed by atoms with Gasteiger partial charge in [-0.3, -0.25) is 4.79 Å². The molecule has 0 saturated heterocycles. The summed E-state index contributed by atoms with van der Waals surface area (Å²) < 4.78 is 28.6. The third-order valence-corrected chi connectivity index (χ3v) is 3.64. The van der Waals surface area contributed by atoms with Crippen LogP contribution in [0.3, 0.4) is 0 Å². The highest BCUT2D eigenvalue weighted by molar-refractivity contribution is 7.87. The molecule has 1 atom stereocenters. The van der Waals surface area contributed by atoms with E-state index in [9.17, 15) is 13.2 Å². The van der Waals surface area contributed by atoms with Crippen LogP contribution in [-0.4, -0.2) is 31.1 Å². The van der Waals surface area contributed by atoms with Gasteiger partial charge in [-0.2, -0.15) is 17.9 Å². The van der Waals surface area contributed by atoms with E-state index in [1.54, 1.807) is 41.5 Å². The van der Waals surface area contributed by atoms with Gasteiger partial charge in [0.25, 0.3) is 10.2 Å². The molecule has 0 fully saturated rings. The lowest BCUT2D eigenvalue weighted by Crippen LogP contribution is -2.53. The van der Waals surface area contributed by atoms with Crippen molar-refractivity contribution in [2.45, 2.75) is 59.5 Å². The predicted molar refractivity (Wildman–Crippen MR) is 70.4 cm³/mol. The van der Waals surface area contributed by atoms with Crippen LogP contribution < -0.4 is 9.44 Å². The van der Waals surface area contributed by atoms with Gasteiger partial charge in [0.05, 0.1) is 6.42 Å². The molecule has 0 rings (SSSR count). The Bertz CT molecular complexity index is 390. The monoisotopic (exact) mass is 280 g/mol. The minimum atomic E-state index is -3.73. The Labute approximate surface area is 109 Å². The Morgan fingerprint density at radius 1 is 1.17 bits per heavy atom. The Morgan fingerprint density at radius 3 is 1.89 bits per heavy atom. The summed E-state index contributed by atoms with van der Waals surface area (Å²) in [6, 6.07) is -0.671. The van der Waals surface area contributed by atoms with Crippen molar-refractivity contribution in [3.05, 3.63) is 0 Å². The minimum absolute atomic E-state index is 0.255. The first kappa shape index (κ1) is 17.3. The molecule has 7 heteroatoms. The number of rotatable bonds is 5. The number of hydrogen-bond donors (Lipinski definition) is 3.